The predicted octanol–water partition coefficient (Wildman–Crippen LogP) is 3.72. The average Bonchev–Trinajstić information content (AvgIpc) is 2.41. The maximum Gasteiger partial charge on any atom is 0.243 e. The third-order valence-electron chi connectivity index (χ3n) is 2.97. The number of hydrogen-bond donors (Lipinski definition) is 2. The van der Waals surface area contributed by atoms with Gasteiger partial charge in [0.2, 0.25) is 10.0 Å². The second-order valence-electron chi connectivity index (χ2n) is 4.55. The molecule has 0 aliphatic rings. The van der Waals surface area contributed by atoms with Crippen LogP contribution in [0.4, 0.5) is 5.69 Å². The molecule has 21 heavy (non-hydrogen) atoms. The zero-order valence-electron chi connectivity index (χ0n) is 11.2. The highest BCUT2D eigenvalue weighted by Gasteiger charge is 2.22. The minimum absolute atomic E-state index is 0.0195. The summed E-state index contributed by atoms with van der Waals surface area (Å²) in [7, 11) is -3.76. The Morgan fingerprint density at radius 2 is 1.90 bits per heavy atom. The Balaban J connectivity index is 2.34. The number of nitrogens with two attached hydrogens (primary N) is 1. The smallest absolute Gasteiger partial charge is 0.243 e. The van der Waals surface area contributed by atoms with Crippen molar-refractivity contribution < 1.29 is 8.42 Å². The van der Waals surface area contributed by atoms with E-state index in [2.05, 4.69) is 20.7 Å². The van der Waals surface area contributed by atoms with E-state index in [1.807, 2.05) is 24.3 Å². The first kappa shape index (κ1) is 16.3. The van der Waals surface area contributed by atoms with Crippen LogP contribution in [0.3, 0.4) is 0 Å². The van der Waals surface area contributed by atoms with Gasteiger partial charge in [-0.2, -0.15) is 0 Å². The largest absolute Gasteiger partial charge is 0.398 e. The molecule has 0 bridgehead atoms. The van der Waals surface area contributed by atoms with Gasteiger partial charge in [0.15, 0.2) is 0 Å². The molecule has 0 aliphatic heterocycles. The van der Waals surface area contributed by atoms with E-state index in [0.717, 1.165) is 10.0 Å². The Morgan fingerprint density at radius 1 is 1.24 bits per heavy atom. The van der Waals surface area contributed by atoms with Gasteiger partial charge < -0.3 is 5.73 Å². The van der Waals surface area contributed by atoms with Crippen molar-refractivity contribution >= 4 is 43.2 Å². The van der Waals surface area contributed by atoms with Crippen molar-refractivity contribution in [1.29, 1.82) is 0 Å². The highest BCUT2D eigenvalue weighted by Crippen LogP contribution is 2.27. The summed E-state index contributed by atoms with van der Waals surface area (Å²) in [4.78, 5) is -0.0195. The SMILES string of the molecule is CC(NS(=O)(=O)c1cc(Cl)ccc1N)c1ccccc1Br. The standard InChI is InChI=1S/C14H14BrClN2O2S/c1-9(11-4-2-3-5-12(11)15)18-21(19,20)14-8-10(16)6-7-13(14)17/h2-9,18H,17H2,1H3. The number of halogens is 2. The van der Waals surface area contributed by atoms with Crippen molar-refractivity contribution in [1.82, 2.24) is 4.72 Å². The summed E-state index contributed by atoms with van der Waals surface area (Å²) in [6.45, 7) is 1.76. The molecule has 0 aromatic heterocycles. The summed E-state index contributed by atoms with van der Waals surface area (Å²) in [5.74, 6) is 0. The molecule has 2 rings (SSSR count). The van der Waals surface area contributed by atoms with E-state index >= 15 is 0 Å². The van der Waals surface area contributed by atoms with Crippen molar-refractivity contribution in [3.8, 4) is 0 Å². The van der Waals surface area contributed by atoms with Crippen LogP contribution in [-0.4, -0.2) is 8.42 Å². The third-order valence-corrected chi connectivity index (χ3v) is 5.52. The summed E-state index contributed by atoms with van der Waals surface area (Å²) >= 11 is 9.25. The Morgan fingerprint density at radius 3 is 2.57 bits per heavy atom. The lowest BCUT2D eigenvalue weighted by molar-refractivity contribution is 0.567. The average molecular weight is 390 g/mol. The third kappa shape index (κ3) is 3.77. The van der Waals surface area contributed by atoms with Crippen LogP contribution < -0.4 is 10.5 Å². The molecule has 0 spiro atoms. The minimum atomic E-state index is -3.76. The number of anilines is 1. The maximum atomic E-state index is 12.4. The molecule has 4 nitrogen and oxygen atoms in total. The Bertz CT molecular complexity index is 765. The van der Waals surface area contributed by atoms with Crippen LogP contribution in [0.25, 0.3) is 0 Å². The van der Waals surface area contributed by atoms with Gasteiger partial charge in [-0.15, -0.1) is 0 Å². The Hall–Kier alpha value is -1.08. The molecule has 1 atom stereocenters. The number of hydrogen-bond acceptors (Lipinski definition) is 3. The van der Waals surface area contributed by atoms with Crippen LogP contribution in [0.5, 0.6) is 0 Å². The van der Waals surface area contributed by atoms with Crippen LogP contribution >= 0.6 is 27.5 Å². The zero-order chi connectivity index (χ0) is 15.6. The number of nitrogens with one attached hydrogen (secondary N) is 1. The Labute approximate surface area is 137 Å². The fraction of sp³-hybridized carbons (Fsp3) is 0.143. The molecule has 0 fully saturated rings. The van der Waals surface area contributed by atoms with Gasteiger partial charge in [-0.05, 0) is 36.8 Å². The highest BCUT2D eigenvalue weighted by molar-refractivity contribution is 9.10. The van der Waals surface area contributed by atoms with Gasteiger partial charge in [-0.25, -0.2) is 13.1 Å². The maximum absolute atomic E-state index is 12.4. The number of sulfonamides is 1. The molecule has 112 valence electrons. The van der Waals surface area contributed by atoms with E-state index in [0.29, 0.717) is 5.02 Å². The molecule has 1 unspecified atom stereocenters. The molecule has 0 saturated heterocycles. The quantitative estimate of drug-likeness (QED) is 0.783. The van der Waals surface area contributed by atoms with Gasteiger partial charge in [-0.1, -0.05) is 45.7 Å². The second kappa shape index (κ2) is 6.36. The van der Waals surface area contributed by atoms with Gasteiger partial charge in [0.1, 0.15) is 4.90 Å². The summed E-state index contributed by atoms with van der Waals surface area (Å²) in [6, 6.07) is 11.4. The van der Waals surface area contributed by atoms with Gasteiger partial charge in [0, 0.05) is 15.5 Å². The normalized spacial score (nSPS) is 13.1. The van der Waals surface area contributed by atoms with E-state index in [9.17, 15) is 8.42 Å². The molecule has 0 aliphatic carbocycles. The topological polar surface area (TPSA) is 72.2 Å². The lowest BCUT2D eigenvalue weighted by atomic mass is 10.1. The van der Waals surface area contributed by atoms with Crippen molar-refractivity contribution in [2.75, 3.05) is 5.73 Å². The van der Waals surface area contributed by atoms with Crippen molar-refractivity contribution in [3.05, 3.63) is 57.5 Å². The fourth-order valence-electron chi connectivity index (χ4n) is 1.93. The van der Waals surface area contributed by atoms with Gasteiger partial charge in [-0.3, -0.25) is 0 Å². The van der Waals surface area contributed by atoms with E-state index in [1.54, 1.807) is 13.0 Å². The van der Waals surface area contributed by atoms with Crippen molar-refractivity contribution in [3.63, 3.8) is 0 Å². The van der Waals surface area contributed by atoms with Crippen molar-refractivity contribution in [2.45, 2.75) is 17.9 Å². The second-order valence-corrected chi connectivity index (χ2v) is 7.52. The zero-order valence-corrected chi connectivity index (χ0v) is 14.3. The lowest BCUT2D eigenvalue weighted by Crippen LogP contribution is -2.27. The van der Waals surface area contributed by atoms with E-state index in [4.69, 9.17) is 17.3 Å². The first-order valence-electron chi connectivity index (χ1n) is 6.13. The molecule has 0 saturated carbocycles. The molecular weight excluding hydrogens is 376 g/mol. The van der Waals surface area contributed by atoms with E-state index in [-0.39, 0.29) is 10.6 Å². The first-order chi connectivity index (χ1) is 9.81. The Kier molecular flexibility index (Phi) is 4.93. The summed E-state index contributed by atoms with van der Waals surface area (Å²) in [5, 5.41) is 0.318. The van der Waals surface area contributed by atoms with Gasteiger partial charge in [0.25, 0.3) is 0 Å². The van der Waals surface area contributed by atoms with Crippen LogP contribution in [0.2, 0.25) is 5.02 Å². The number of nitrogen functional groups attached to an aromatic ring is 1. The monoisotopic (exact) mass is 388 g/mol. The molecule has 7 heteroatoms. The highest BCUT2D eigenvalue weighted by atomic mass is 79.9. The molecular formula is C14H14BrClN2O2S. The van der Waals surface area contributed by atoms with Crippen LogP contribution in [-0.2, 0) is 10.0 Å². The molecule has 0 amide bonds. The van der Waals surface area contributed by atoms with Crippen molar-refractivity contribution in [2.24, 2.45) is 0 Å². The van der Waals surface area contributed by atoms with Crippen LogP contribution in [0.15, 0.2) is 51.8 Å². The summed E-state index contributed by atoms with van der Waals surface area (Å²) < 4.78 is 28.3. The molecule has 2 aromatic carbocycles. The molecule has 2 aromatic rings. The first-order valence-corrected chi connectivity index (χ1v) is 8.78. The van der Waals surface area contributed by atoms with Gasteiger partial charge in [0.05, 0.1) is 5.69 Å². The molecule has 0 radical (unpaired) electrons. The molecule has 0 heterocycles. The van der Waals surface area contributed by atoms with Crippen LogP contribution in [0, 0.1) is 0 Å². The molecule has 3 N–H and O–H groups in total. The number of rotatable bonds is 4. The lowest BCUT2D eigenvalue weighted by Gasteiger charge is -2.17. The fourth-order valence-corrected chi connectivity index (χ4v) is 4.17. The predicted molar refractivity (Wildman–Crippen MR) is 88.7 cm³/mol. The summed E-state index contributed by atoms with van der Waals surface area (Å²) in [5.41, 5.74) is 6.73. The number of benzene rings is 2. The van der Waals surface area contributed by atoms with Crippen LogP contribution in [0.1, 0.15) is 18.5 Å². The minimum Gasteiger partial charge on any atom is -0.398 e. The van der Waals surface area contributed by atoms with E-state index in [1.165, 1.54) is 12.1 Å². The van der Waals surface area contributed by atoms with E-state index < -0.39 is 16.1 Å². The van der Waals surface area contributed by atoms with Gasteiger partial charge >= 0.3 is 0 Å². The summed E-state index contributed by atoms with van der Waals surface area (Å²) in [6.07, 6.45) is 0.